The molecule has 0 spiro atoms. The van der Waals surface area contributed by atoms with Gasteiger partial charge in [-0.2, -0.15) is 0 Å². The van der Waals surface area contributed by atoms with Gasteiger partial charge in [-0.25, -0.2) is 4.98 Å². The summed E-state index contributed by atoms with van der Waals surface area (Å²) in [4.78, 5) is 16.7. The molecule has 0 aliphatic rings. The fraction of sp³-hybridized carbons (Fsp3) is 0.174. The van der Waals surface area contributed by atoms with Crippen LogP contribution in [0.1, 0.15) is 25.2 Å². The molecule has 0 amide bonds. The molecule has 0 atom stereocenters. The second-order valence-corrected chi connectivity index (χ2v) is 7.96. The van der Waals surface area contributed by atoms with Gasteiger partial charge in [0.05, 0.1) is 21.9 Å². The van der Waals surface area contributed by atoms with E-state index in [1.165, 1.54) is 0 Å². The molecular formula is C23H22ClN5O. The van der Waals surface area contributed by atoms with Gasteiger partial charge in [-0.15, -0.1) is 0 Å². The Morgan fingerprint density at radius 3 is 2.53 bits per heavy atom. The summed E-state index contributed by atoms with van der Waals surface area (Å²) in [5.41, 5.74) is 3.97. The first kappa shape index (κ1) is 20.1. The molecule has 7 heteroatoms. The van der Waals surface area contributed by atoms with Gasteiger partial charge in [0.2, 0.25) is 0 Å². The number of pyridine rings is 2. The van der Waals surface area contributed by atoms with E-state index >= 15 is 0 Å². The molecule has 0 saturated heterocycles. The van der Waals surface area contributed by atoms with E-state index in [1.54, 1.807) is 30.7 Å². The van der Waals surface area contributed by atoms with Crippen molar-refractivity contribution in [3.8, 4) is 28.3 Å². The van der Waals surface area contributed by atoms with Gasteiger partial charge >= 0.3 is 0 Å². The quantitative estimate of drug-likeness (QED) is 0.413. The number of benzene rings is 1. The highest BCUT2D eigenvalue weighted by molar-refractivity contribution is 6.32. The summed E-state index contributed by atoms with van der Waals surface area (Å²) in [5.74, 6) is 0.802. The number of nitrogens with zero attached hydrogens (tertiary/aromatic N) is 3. The number of nitrogens with one attached hydrogen (secondary N) is 2. The smallest absolute Gasteiger partial charge is 0.134 e. The molecule has 0 saturated carbocycles. The second kappa shape index (κ2) is 8.26. The second-order valence-electron chi connectivity index (χ2n) is 7.55. The van der Waals surface area contributed by atoms with Gasteiger partial charge in [-0.3, -0.25) is 9.97 Å². The largest absolute Gasteiger partial charge is 0.506 e. The number of phenols is 1. The molecule has 0 aliphatic heterocycles. The van der Waals surface area contributed by atoms with Gasteiger partial charge in [0.25, 0.3) is 0 Å². The predicted molar refractivity (Wildman–Crippen MR) is 118 cm³/mol. The molecule has 152 valence electrons. The van der Waals surface area contributed by atoms with Crippen LogP contribution in [0.3, 0.4) is 0 Å². The van der Waals surface area contributed by atoms with E-state index < -0.39 is 5.54 Å². The molecule has 1 aromatic carbocycles. The molecule has 4 rings (SSSR count). The molecule has 6 nitrogen and oxygen atoms in total. The SMILES string of the molecule is CC(C)(NCc1cccnc1)c1nc(-c2ccc(Cl)c(O)c2)c(-c2ccncc2)[nH]1. The van der Waals surface area contributed by atoms with Crippen LogP contribution >= 0.6 is 11.6 Å². The Balaban J connectivity index is 1.73. The van der Waals surface area contributed by atoms with Crippen LogP contribution in [-0.2, 0) is 12.1 Å². The van der Waals surface area contributed by atoms with Crippen molar-refractivity contribution in [3.05, 3.63) is 83.7 Å². The Labute approximate surface area is 180 Å². The highest BCUT2D eigenvalue weighted by Crippen LogP contribution is 2.35. The molecule has 0 bridgehead atoms. The first-order valence-electron chi connectivity index (χ1n) is 9.58. The fourth-order valence-corrected chi connectivity index (χ4v) is 3.29. The molecule has 0 aliphatic carbocycles. The van der Waals surface area contributed by atoms with Crippen LogP contribution < -0.4 is 5.32 Å². The number of rotatable bonds is 6. The molecule has 3 N–H and O–H groups in total. The van der Waals surface area contributed by atoms with Crippen molar-refractivity contribution in [1.29, 1.82) is 0 Å². The summed E-state index contributed by atoms with van der Waals surface area (Å²) in [6.07, 6.45) is 7.08. The average molecular weight is 420 g/mol. The van der Waals surface area contributed by atoms with Crippen LogP contribution in [0.15, 0.2) is 67.3 Å². The van der Waals surface area contributed by atoms with E-state index in [-0.39, 0.29) is 5.75 Å². The zero-order valence-corrected chi connectivity index (χ0v) is 17.5. The maximum atomic E-state index is 10.1. The Morgan fingerprint density at radius 1 is 1.03 bits per heavy atom. The summed E-state index contributed by atoms with van der Waals surface area (Å²) < 4.78 is 0. The Bertz CT molecular complexity index is 1140. The minimum atomic E-state index is -0.440. The highest BCUT2D eigenvalue weighted by atomic mass is 35.5. The Morgan fingerprint density at radius 2 is 1.83 bits per heavy atom. The van der Waals surface area contributed by atoms with E-state index in [9.17, 15) is 5.11 Å². The third-order valence-corrected chi connectivity index (χ3v) is 5.26. The number of hydrogen-bond donors (Lipinski definition) is 3. The van der Waals surface area contributed by atoms with Crippen LogP contribution in [0.4, 0.5) is 0 Å². The third kappa shape index (κ3) is 4.20. The van der Waals surface area contributed by atoms with Crippen molar-refractivity contribution in [1.82, 2.24) is 25.3 Å². The zero-order chi connectivity index (χ0) is 21.1. The van der Waals surface area contributed by atoms with Crippen LogP contribution in [0.2, 0.25) is 5.02 Å². The highest BCUT2D eigenvalue weighted by Gasteiger charge is 2.26. The number of hydrogen-bond acceptors (Lipinski definition) is 5. The summed E-state index contributed by atoms with van der Waals surface area (Å²) in [6.45, 7) is 4.80. The van der Waals surface area contributed by atoms with Crippen molar-refractivity contribution in [3.63, 3.8) is 0 Å². The van der Waals surface area contributed by atoms with Crippen LogP contribution in [0.25, 0.3) is 22.5 Å². The lowest BCUT2D eigenvalue weighted by Crippen LogP contribution is -2.37. The minimum Gasteiger partial charge on any atom is -0.506 e. The van der Waals surface area contributed by atoms with E-state index in [0.717, 1.165) is 33.9 Å². The van der Waals surface area contributed by atoms with E-state index in [1.807, 2.05) is 36.5 Å². The number of H-pyrrole nitrogens is 1. The zero-order valence-electron chi connectivity index (χ0n) is 16.7. The van der Waals surface area contributed by atoms with Crippen LogP contribution in [0, 0.1) is 0 Å². The molecule has 0 unspecified atom stereocenters. The number of aromatic nitrogens is 4. The van der Waals surface area contributed by atoms with Crippen molar-refractivity contribution in [2.45, 2.75) is 25.9 Å². The number of aromatic amines is 1. The first-order valence-corrected chi connectivity index (χ1v) is 9.95. The maximum Gasteiger partial charge on any atom is 0.134 e. The molecule has 3 aromatic heterocycles. The molecule has 4 aromatic rings. The summed E-state index contributed by atoms with van der Waals surface area (Å²) in [5, 5.41) is 13.9. The average Bonchev–Trinajstić information content (AvgIpc) is 3.22. The van der Waals surface area contributed by atoms with Gasteiger partial charge in [-0.05, 0) is 49.7 Å². The van der Waals surface area contributed by atoms with Crippen LogP contribution in [0.5, 0.6) is 5.75 Å². The van der Waals surface area contributed by atoms with Gasteiger partial charge in [0, 0.05) is 42.5 Å². The molecule has 30 heavy (non-hydrogen) atoms. The lowest BCUT2D eigenvalue weighted by atomic mass is 10.0. The summed E-state index contributed by atoms with van der Waals surface area (Å²) >= 11 is 6.00. The van der Waals surface area contributed by atoms with Gasteiger partial charge in [-0.1, -0.05) is 23.7 Å². The molecule has 3 heterocycles. The minimum absolute atomic E-state index is 0.0216. The number of aromatic hydroxyl groups is 1. The Hall–Kier alpha value is -3.22. The summed E-state index contributed by atoms with van der Waals surface area (Å²) in [7, 11) is 0. The van der Waals surface area contributed by atoms with Crippen molar-refractivity contribution >= 4 is 11.6 Å². The maximum absolute atomic E-state index is 10.1. The number of phenolic OH excluding ortho intramolecular Hbond substituents is 1. The van der Waals surface area contributed by atoms with Crippen molar-refractivity contribution in [2.24, 2.45) is 0 Å². The van der Waals surface area contributed by atoms with E-state index in [2.05, 4.69) is 34.1 Å². The normalized spacial score (nSPS) is 11.6. The third-order valence-electron chi connectivity index (χ3n) is 4.94. The lowest BCUT2D eigenvalue weighted by molar-refractivity contribution is 0.381. The van der Waals surface area contributed by atoms with Crippen LogP contribution in [-0.4, -0.2) is 25.0 Å². The number of halogens is 1. The van der Waals surface area contributed by atoms with E-state index in [4.69, 9.17) is 16.6 Å². The topological polar surface area (TPSA) is 86.7 Å². The molecule has 0 radical (unpaired) electrons. The number of imidazole rings is 1. The lowest BCUT2D eigenvalue weighted by Gasteiger charge is -2.24. The first-order chi connectivity index (χ1) is 14.4. The fourth-order valence-electron chi connectivity index (χ4n) is 3.18. The van der Waals surface area contributed by atoms with Gasteiger partial charge in [0.1, 0.15) is 11.6 Å². The van der Waals surface area contributed by atoms with Gasteiger partial charge in [0.15, 0.2) is 0 Å². The monoisotopic (exact) mass is 419 g/mol. The molecular weight excluding hydrogens is 398 g/mol. The van der Waals surface area contributed by atoms with E-state index in [0.29, 0.717) is 11.6 Å². The molecule has 0 fully saturated rings. The van der Waals surface area contributed by atoms with Crippen molar-refractivity contribution < 1.29 is 5.11 Å². The standard InChI is InChI=1S/C23H22ClN5O/c1-23(2,27-14-15-4-3-9-26-13-15)22-28-20(16-7-10-25-11-8-16)21(29-22)17-5-6-18(24)19(30)12-17/h3-13,27,30H,14H2,1-2H3,(H,28,29). The van der Waals surface area contributed by atoms with Gasteiger partial charge < -0.3 is 15.4 Å². The summed E-state index contributed by atoms with van der Waals surface area (Å²) in [6, 6.07) is 12.9. The predicted octanol–water partition coefficient (Wildman–Crippen LogP) is 4.92. The Kier molecular flexibility index (Phi) is 5.53. The van der Waals surface area contributed by atoms with Crippen molar-refractivity contribution in [2.75, 3.05) is 0 Å².